The molecule has 2 aliphatic rings. The van der Waals surface area contributed by atoms with E-state index >= 15 is 0 Å². The summed E-state index contributed by atoms with van der Waals surface area (Å²) in [4.78, 5) is 5.43. The third-order valence-electron chi connectivity index (χ3n) is 7.02. The zero-order chi connectivity index (χ0) is 20.3. The first kappa shape index (κ1) is 19.6. The molecule has 3 heteroatoms. The highest BCUT2D eigenvalue weighted by Crippen LogP contribution is 2.44. The Morgan fingerprint density at radius 1 is 0.833 bits per heavy atom. The maximum Gasteiger partial charge on any atom is 0.0588 e. The standard InChI is InChI=1S/C27H33N3/c1-28-16-10-15-26(28)27-25(21-29-17-8-3-9-18-29)24-14-7-6-13-23(24)20-30(27)19-22-11-4-2-5-12-22/h2,4-7,10-16,25,27H,3,8-9,17-21H2,1H3/t25-,27-/m1/s1. The Labute approximate surface area is 180 Å². The molecule has 5 rings (SSSR count). The Hall–Kier alpha value is -2.36. The topological polar surface area (TPSA) is 11.4 Å². The monoisotopic (exact) mass is 399 g/mol. The summed E-state index contributed by atoms with van der Waals surface area (Å²) in [5.41, 5.74) is 5.88. The van der Waals surface area contributed by atoms with Crippen LogP contribution in [0, 0.1) is 0 Å². The SMILES string of the molecule is Cn1cccc1[C@H]1[C@H](CN2CCCCC2)c2ccccc2CN1Cc1ccccc1. The molecule has 1 aromatic heterocycles. The highest BCUT2D eigenvalue weighted by Gasteiger charge is 2.38. The molecule has 0 radical (unpaired) electrons. The maximum atomic E-state index is 2.72. The van der Waals surface area contributed by atoms with Crippen LogP contribution in [-0.4, -0.2) is 34.0 Å². The minimum absolute atomic E-state index is 0.391. The third-order valence-corrected chi connectivity index (χ3v) is 7.02. The van der Waals surface area contributed by atoms with E-state index in [0.717, 1.165) is 19.6 Å². The normalized spacial score (nSPS) is 22.7. The van der Waals surface area contributed by atoms with Gasteiger partial charge in [-0.2, -0.15) is 0 Å². The van der Waals surface area contributed by atoms with Gasteiger partial charge in [0.15, 0.2) is 0 Å². The molecule has 0 N–H and O–H groups in total. The number of rotatable bonds is 5. The highest BCUT2D eigenvalue weighted by molar-refractivity contribution is 5.37. The maximum absolute atomic E-state index is 2.72. The Balaban J connectivity index is 1.55. The van der Waals surface area contributed by atoms with Gasteiger partial charge in [-0.15, -0.1) is 0 Å². The van der Waals surface area contributed by atoms with Crippen molar-refractivity contribution in [2.45, 2.75) is 44.3 Å². The van der Waals surface area contributed by atoms with Crippen LogP contribution < -0.4 is 0 Å². The van der Waals surface area contributed by atoms with Crippen LogP contribution in [0.1, 0.15) is 53.6 Å². The van der Waals surface area contributed by atoms with Crippen LogP contribution in [0.2, 0.25) is 0 Å². The molecular formula is C27H33N3. The van der Waals surface area contributed by atoms with Crippen molar-refractivity contribution in [2.24, 2.45) is 7.05 Å². The second-order valence-electron chi connectivity index (χ2n) is 9.05. The molecule has 0 saturated carbocycles. The van der Waals surface area contributed by atoms with Crippen LogP contribution in [0.15, 0.2) is 72.9 Å². The van der Waals surface area contributed by atoms with E-state index in [-0.39, 0.29) is 0 Å². The fourth-order valence-corrected chi connectivity index (χ4v) is 5.55. The lowest BCUT2D eigenvalue weighted by atomic mass is 9.81. The van der Waals surface area contributed by atoms with Gasteiger partial charge in [0.05, 0.1) is 6.04 Å². The minimum Gasteiger partial charge on any atom is -0.353 e. The number of likely N-dealkylation sites (tertiary alicyclic amines) is 1. The molecule has 0 bridgehead atoms. The van der Waals surface area contributed by atoms with E-state index in [9.17, 15) is 0 Å². The van der Waals surface area contributed by atoms with E-state index in [2.05, 4.69) is 94.3 Å². The van der Waals surface area contributed by atoms with Crippen molar-refractivity contribution in [1.82, 2.24) is 14.4 Å². The van der Waals surface area contributed by atoms with E-state index in [0.29, 0.717) is 12.0 Å². The predicted octanol–water partition coefficient (Wildman–Crippen LogP) is 5.35. The van der Waals surface area contributed by atoms with Gasteiger partial charge in [0.25, 0.3) is 0 Å². The van der Waals surface area contributed by atoms with Gasteiger partial charge >= 0.3 is 0 Å². The summed E-state index contributed by atoms with van der Waals surface area (Å²) < 4.78 is 2.33. The Morgan fingerprint density at radius 3 is 2.37 bits per heavy atom. The van der Waals surface area contributed by atoms with Gasteiger partial charge in [-0.1, -0.05) is 61.0 Å². The first-order valence-corrected chi connectivity index (χ1v) is 11.5. The molecule has 156 valence electrons. The van der Waals surface area contributed by atoms with Gasteiger partial charge in [0.1, 0.15) is 0 Å². The van der Waals surface area contributed by atoms with E-state index in [1.54, 1.807) is 5.56 Å². The zero-order valence-corrected chi connectivity index (χ0v) is 18.1. The van der Waals surface area contributed by atoms with Crippen LogP contribution in [0.4, 0.5) is 0 Å². The number of aryl methyl sites for hydroxylation is 1. The second-order valence-corrected chi connectivity index (χ2v) is 9.05. The minimum atomic E-state index is 0.391. The third kappa shape index (κ3) is 3.97. The van der Waals surface area contributed by atoms with Crippen molar-refractivity contribution in [3.05, 3.63) is 95.3 Å². The number of hydrogen-bond donors (Lipinski definition) is 0. The molecule has 0 unspecified atom stereocenters. The summed E-state index contributed by atoms with van der Waals surface area (Å²) in [6.07, 6.45) is 6.28. The summed E-state index contributed by atoms with van der Waals surface area (Å²) in [5.74, 6) is 0.491. The molecule has 0 spiro atoms. The average molecular weight is 400 g/mol. The molecule has 30 heavy (non-hydrogen) atoms. The van der Waals surface area contributed by atoms with Crippen LogP contribution in [0.3, 0.4) is 0 Å². The number of fused-ring (bicyclic) bond motifs is 1. The summed E-state index contributed by atoms with van der Waals surface area (Å²) in [5, 5.41) is 0. The fourth-order valence-electron chi connectivity index (χ4n) is 5.55. The van der Waals surface area contributed by atoms with Gasteiger partial charge in [-0.05, 0) is 54.8 Å². The second kappa shape index (κ2) is 8.79. The van der Waals surface area contributed by atoms with Crippen molar-refractivity contribution in [1.29, 1.82) is 0 Å². The van der Waals surface area contributed by atoms with Crippen LogP contribution in [0.5, 0.6) is 0 Å². The molecule has 1 fully saturated rings. The van der Waals surface area contributed by atoms with Crippen molar-refractivity contribution in [3.8, 4) is 0 Å². The highest BCUT2D eigenvalue weighted by atomic mass is 15.2. The number of nitrogens with zero attached hydrogens (tertiary/aromatic N) is 3. The molecule has 2 aromatic carbocycles. The lowest BCUT2D eigenvalue weighted by Crippen LogP contribution is -2.43. The zero-order valence-electron chi connectivity index (χ0n) is 18.1. The van der Waals surface area contributed by atoms with E-state index < -0.39 is 0 Å². The van der Waals surface area contributed by atoms with E-state index in [1.165, 1.54) is 49.2 Å². The van der Waals surface area contributed by atoms with Gasteiger partial charge in [-0.25, -0.2) is 0 Å². The predicted molar refractivity (Wildman–Crippen MR) is 123 cm³/mol. The lowest BCUT2D eigenvalue weighted by Gasteiger charge is -2.45. The number of benzene rings is 2. The summed E-state index contributed by atoms with van der Waals surface area (Å²) in [6.45, 7) is 5.64. The van der Waals surface area contributed by atoms with E-state index in [4.69, 9.17) is 0 Å². The average Bonchev–Trinajstić information content (AvgIpc) is 3.21. The molecule has 2 aliphatic heterocycles. The van der Waals surface area contributed by atoms with Crippen molar-refractivity contribution < 1.29 is 0 Å². The number of aromatic nitrogens is 1. The molecule has 1 saturated heterocycles. The van der Waals surface area contributed by atoms with Crippen LogP contribution in [0.25, 0.3) is 0 Å². The Bertz CT molecular complexity index is 955. The summed E-state index contributed by atoms with van der Waals surface area (Å²) in [7, 11) is 2.20. The fraction of sp³-hybridized carbons (Fsp3) is 0.407. The molecule has 3 heterocycles. The molecular weight excluding hydrogens is 366 g/mol. The molecule has 2 atom stereocenters. The van der Waals surface area contributed by atoms with Crippen LogP contribution >= 0.6 is 0 Å². The van der Waals surface area contributed by atoms with Gasteiger partial charge < -0.3 is 9.47 Å². The summed E-state index contributed by atoms with van der Waals surface area (Å²) >= 11 is 0. The van der Waals surface area contributed by atoms with Gasteiger partial charge in [0.2, 0.25) is 0 Å². The van der Waals surface area contributed by atoms with E-state index in [1.807, 2.05) is 0 Å². The molecule has 0 amide bonds. The van der Waals surface area contributed by atoms with Gasteiger partial charge in [-0.3, -0.25) is 4.90 Å². The summed E-state index contributed by atoms with van der Waals surface area (Å²) in [6, 6.07) is 25.1. The Morgan fingerprint density at radius 2 is 1.60 bits per heavy atom. The largest absolute Gasteiger partial charge is 0.353 e. The first-order chi connectivity index (χ1) is 14.8. The van der Waals surface area contributed by atoms with Crippen molar-refractivity contribution in [3.63, 3.8) is 0 Å². The van der Waals surface area contributed by atoms with Crippen LogP contribution in [-0.2, 0) is 20.1 Å². The smallest absolute Gasteiger partial charge is 0.0588 e. The van der Waals surface area contributed by atoms with Gasteiger partial charge in [0, 0.05) is 44.5 Å². The lowest BCUT2D eigenvalue weighted by molar-refractivity contribution is 0.102. The number of piperidine rings is 1. The number of hydrogen-bond acceptors (Lipinski definition) is 2. The Kier molecular flexibility index (Phi) is 5.74. The molecule has 0 aliphatic carbocycles. The molecule has 3 aromatic rings. The van der Waals surface area contributed by atoms with Crippen molar-refractivity contribution >= 4 is 0 Å². The molecule has 3 nitrogen and oxygen atoms in total. The van der Waals surface area contributed by atoms with Crippen molar-refractivity contribution in [2.75, 3.05) is 19.6 Å². The first-order valence-electron chi connectivity index (χ1n) is 11.5. The quantitative estimate of drug-likeness (QED) is 0.573.